The second-order valence-corrected chi connectivity index (χ2v) is 6.75. The Labute approximate surface area is 169 Å². The van der Waals surface area contributed by atoms with Crippen LogP contribution in [-0.4, -0.2) is 25.3 Å². The molecule has 0 spiro atoms. The summed E-state index contributed by atoms with van der Waals surface area (Å²) in [5, 5.41) is 2.70. The number of carbonyl (C=O) groups excluding carboxylic acids is 2. The van der Waals surface area contributed by atoms with Crippen LogP contribution in [0.15, 0.2) is 72.8 Å². The van der Waals surface area contributed by atoms with Crippen LogP contribution in [0.3, 0.4) is 0 Å². The van der Waals surface area contributed by atoms with Crippen LogP contribution in [0.2, 0.25) is 0 Å². The van der Waals surface area contributed by atoms with Crippen LogP contribution in [0, 0.1) is 0 Å². The summed E-state index contributed by atoms with van der Waals surface area (Å²) in [6.07, 6.45) is -0.532. The predicted molar refractivity (Wildman–Crippen MR) is 111 cm³/mol. The molecule has 29 heavy (non-hydrogen) atoms. The summed E-state index contributed by atoms with van der Waals surface area (Å²) < 4.78 is 10.5. The first-order chi connectivity index (χ1) is 14.2. The summed E-state index contributed by atoms with van der Waals surface area (Å²) in [6.45, 7) is 2.32. The molecule has 0 atom stereocenters. The molecule has 0 heterocycles. The van der Waals surface area contributed by atoms with Gasteiger partial charge in [0.2, 0.25) is 0 Å². The van der Waals surface area contributed by atoms with Crippen molar-refractivity contribution in [2.24, 2.45) is 0 Å². The molecule has 3 aromatic rings. The molecule has 0 aromatic heterocycles. The maximum atomic E-state index is 12.3. The molecule has 0 aliphatic heterocycles. The largest absolute Gasteiger partial charge is 0.462 e. The van der Waals surface area contributed by atoms with Crippen LogP contribution >= 0.6 is 0 Å². The minimum absolute atomic E-state index is 0.0133. The van der Waals surface area contributed by atoms with Gasteiger partial charge in [0.05, 0.1) is 12.2 Å². The average Bonchev–Trinajstić information content (AvgIpc) is 3.07. The SMILES string of the molecule is CCOC(=O)c1ccc(NC(=O)OCC2c3ccccc3-c3ccccc32)cc1. The molecule has 0 saturated carbocycles. The lowest BCUT2D eigenvalue weighted by Gasteiger charge is -2.14. The molecule has 0 unspecified atom stereocenters. The third kappa shape index (κ3) is 3.85. The molecule has 0 bridgehead atoms. The molecule has 146 valence electrons. The number of ether oxygens (including phenoxy) is 2. The summed E-state index contributed by atoms with van der Waals surface area (Å²) in [5.74, 6) is -0.375. The molecule has 0 saturated heterocycles. The van der Waals surface area contributed by atoms with Crippen LogP contribution in [0.1, 0.15) is 34.3 Å². The Balaban J connectivity index is 1.41. The molecule has 4 rings (SSSR count). The van der Waals surface area contributed by atoms with Crippen molar-refractivity contribution >= 4 is 17.7 Å². The molecule has 5 heteroatoms. The summed E-state index contributed by atoms with van der Waals surface area (Å²) in [6, 6.07) is 22.9. The molecule has 1 aliphatic rings. The number of hydrogen-bond donors (Lipinski definition) is 1. The van der Waals surface area contributed by atoms with Gasteiger partial charge in [-0.3, -0.25) is 5.32 Å². The fourth-order valence-corrected chi connectivity index (χ4v) is 3.66. The van der Waals surface area contributed by atoms with E-state index in [0.29, 0.717) is 17.9 Å². The molecule has 0 radical (unpaired) electrons. The normalized spacial score (nSPS) is 12.0. The number of rotatable bonds is 5. The van der Waals surface area contributed by atoms with E-state index < -0.39 is 6.09 Å². The van der Waals surface area contributed by atoms with Gasteiger partial charge in [0.15, 0.2) is 0 Å². The van der Waals surface area contributed by atoms with E-state index in [0.717, 1.165) is 0 Å². The summed E-state index contributed by atoms with van der Waals surface area (Å²) >= 11 is 0. The first-order valence-electron chi connectivity index (χ1n) is 9.56. The Kier molecular flexibility index (Phi) is 5.29. The van der Waals surface area contributed by atoms with Gasteiger partial charge in [-0.15, -0.1) is 0 Å². The quantitative estimate of drug-likeness (QED) is 0.609. The lowest BCUT2D eigenvalue weighted by Crippen LogP contribution is -2.18. The van der Waals surface area contributed by atoms with Crippen LogP contribution < -0.4 is 5.32 Å². The van der Waals surface area contributed by atoms with E-state index in [-0.39, 0.29) is 18.5 Å². The summed E-state index contributed by atoms with van der Waals surface area (Å²) in [5.41, 5.74) is 5.69. The van der Waals surface area contributed by atoms with Crippen LogP contribution in [-0.2, 0) is 9.47 Å². The third-order valence-corrected chi connectivity index (χ3v) is 4.99. The van der Waals surface area contributed by atoms with Gasteiger partial charge in [-0.2, -0.15) is 0 Å². The smallest absolute Gasteiger partial charge is 0.411 e. The molecule has 1 aliphatic carbocycles. The predicted octanol–water partition coefficient (Wildman–Crippen LogP) is 5.22. The zero-order valence-electron chi connectivity index (χ0n) is 16.1. The number of esters is 1. The van der Waals surface area contributed by atoms with Crippen LogP contribution in [0.25, 0.3) is 11.1 Å². The van der Waals surface area contributed by atoms with Gasteiger partial charge in [-0.25, -0.2) is 9.59 Å². The molecule has 5 nitrogen and oxygen atoms in total. The third-order valence-electron chi connectivity index (χ3n) is 4.99. The van der Waals surface area contributed by atoms with Gasteiger partial charge in [-0.1, -0.05) is 48.5 Å². The highest BCUT2D eigenvalue weighted by molar-refractivity contribution is 5.91. The van der Waals surface area contributed by atoms with E-state index in [2.05, 4.69) is 29.6 Å². The first-order valence-corrected chi connectivity index (χ1v) is 9.56. The van der Waals surface area contributed by atoms with Crippen molar-refractivity contribution < 1.29 is 19.1 Å². The molecule has 3 aromatic carbocycles. The summed E-state index contributed by atoms with van der Waals surface area (Å²) in [4.78, 5) is 24.0. The van der Waals surface area contributed by atoms with E-state index in [4.69, 9.17) is 9.47 Å². The Bertz CT molecular complexity index is 997. The number of anilines is 1. The second-order valence-electron chi connectivity index (χ2n) is 6.75. The number of fused-ring (bicyclic) bond motifs is 3. The number of amides is 1. The Morgan fingerprint density at radius 1 is 0.828 bits per heavy atom. The molecule has 0 fully saturated rings. The monoisotopic (exact) mass is 387 g/mol. The fourth-order valence-electron chi connectivity index (χ4n) is 3.66. The molecular formula is C24H21NO4. The second kappa shape index (κ2) is 8.19. The highest BCUT2D eigenvalue weighted by Crippen LogP contribution is 2.44. The standard InChI is InChI=1S/C24H21NO4/c1-2-28-23(26)16-11-13-17(14-12-16)25-24(27)29-15-22-20-9-5-3-7-18(20)19-8-4-6-10-21(19)22/h3-14,22H,2,15H2,1H3,(H,25,27). The Morgan fingerprint density at radius 3 is 2.00 bits per heavy atom. The average molecular weight is 387 g/mol. The minimum Gasteiger partial charge on any atom is -0.462 e. The topological polar surface area (TPSA) is 64.6 Å². The van der Waals surface area contributed by atoms with Crippen molar-refractivity contribution in [1.82, 2.24) is 0 Å². The Morgan fingerprint density at radius 2 is 1.41 bits per heavy atom. The fraction of sp³-hybridized carbons (Fsp3) is 0.167. The van der Waals surface area contributed by atoms with Crippen LogP contribution in [0.4, 0.5) is 10.5 Å². The number of benzene rings is 3. The van der Waals surface area contributed by atoms with E-state index in [1.807, 2.05) is 24.3 Å². The van der Waals surface area contributed by atoms with Crippen LogP contribution in [0.5, 0.6) is 0 Å². The van der Waals surface area contributed by atoms with Gasteiger partial charge in [0, 0.05) is 11.6 Å². The van der Waals surface area contributed by atoms with Crippen molar-refractivity contribution in [2.75, 3.05) is 18.5 Å². The zero-order chi connectivity index (χ0) is 20.2. The van der Waals surface area contributed by atoms with E-state index >= 15 is 0 Å². The lowest BCUT2D eigenvalue weighted by molar-refractivity contribution is 0.0526. The summed E-state index contributed by atoms with van der Waals surface area (Å²) in [7, 11) is 0. The Hall–Kier alpha value is -3.60. The van der Waals surface area contributed by atoms with Gasteiger partial charge < -0.3 is 9.47 Å². The van der Waals surface area contributed by atoms with Gasteiger partial charge >= 0.3 is 12.1 Å². The number of hydrogen-bond acceptors (Lipinski definition) is 4. The van der Waals surface area contributed by atoms with Crippen molar-refractivity contribution in [2.45, 2.75) is 12.8 Å². The molecule has 1 N–H and O–H groups in total. The molecular weight excluding hydrogens is 366 g/mol. The highest BCUT2D eigenvalue weighted by Gasteiger charge is 2.28. The van der Waals surface area contributed by atoms with E-state index in [9.17, 15) is 9.59 Å². The maximum Gasteiger partial charge on any atom is 0.411 e. The number of nitrogens with one attached hydrogen (secondary N) is 1. The van der Waals surface area contributed by atoms with E-state index in [1.165, 1.54) is 22.3 Å². The first kappa shape index (κ1) is 18.7. The van der Waals surface area contributed by atoms with Crippen molar-refractivity contribution in [3.8, 4) is 11.1 Å². The van der Waals surface area contributed by atoms with Crippen molar-refractivity contribution in [3.05, 3.63) is 89.5 Å². The van der Waals surface area contributed by atoms with Gasteiger partial charge in [0.25, 0.3) is 0 Å². The van der Waals surface area contributed by atoms with Gasteiger partial charge in [-0.05, 0) is 53.4 Å². The van der Waals surface area contributed by atoms with Crippen molar-refractivity contribution in [3.63, 3.8) is 0 Å². The molecule has 1 amide bonds. The minimum atomic E-state index is -0.532. The highest BCUT2D eigenvalue weighted by atomic mass is 16.5. The zero-order valence-corrected chi connectivity index (χ0v) is 16.1. The van der Waals surface area contributed by atoms with Crippen molar-refractivity contribution in [1.29, 1.82) is 0 Å². The van der Waals surface area contributed by atoms with E-state index in [1.54, 1.807) is 31.2 Å². The van der Waals surface area contributed by atoms with Gasteiger partial charge in [0.1, 0.15) is 6.61 Å². The number of carbonyl (C=O) groups is 2. The lowest BCUT2D eigenvalue weighted by atomic mass is 9.98. The maximum absolute atomic E-state index is 12.3.